The van der Waals surface area contributed by atoms with Crippen LogP contribution in [0.5, 0.6) is 0 Å². The minimum absolute atomic E-state index is 0.0854. The van der Waals surface area contributed by atoms with Crippen LogP contribution in [0.1, 0.15) is 0 Å². The SMILES string of the molecule is O=[N+]([O-])c1ccccc1-c1ccc2[nH]c3ccc4ccc5c(c6ccccc6n5-c5nc(-c6ccccc6)c6ccccc6n5)c4c3c2c1. The van der Waals surface area contributed by atoms with E-state index >= 15 is 0 Å². The van der Waals surface area contributed by atoms with Crippen LogP contribution in [0.15, 0.2) is 146 Å². The maximum atomic E-state index is 11.9. The lowest BCUT2D eigenvalue weighted by atomic mass is 9.96. The molecule has 7 heteroatoms. The maximum Gasteiger partial charge on any atom is 0.277 e. The summed E-state index contributed by atoms with van der Waals surface area (Å²) in [5, 5.41) is 19.4. The van der Waals surface area contributed by atoms with Gasteiger partial charge in [0.05, 0.1) is 32.7 Å². The Morgan fingerprint density at radius 1 is 0.571 bits per heavy atom. The molecule has 0 unspecified atom stereocenters. The molecule has 3 aromatic heterocycles. The van der Waals surface area contributed by atoms with E-state index in [0.29, 0.717) is 11.5 Å². The van der Waals surface area contributed by atoms with Crippen LogP contribution in [0.4, 0.5) is 5.69 Å². The number of rotatable bonds is 4. The number of nitrogens with zero attached hydrogens (tertiary/aromatic N) is 4. The molecule has 7 nitrogen and oxygen atoms in total. The molecule has 0 amide bonds. The Balaban J connectivity index is 1.32. The molecular formula is C42H25N5O2. The average molecular weight is 632 g/mol. The number of hydrogen-bond donors (Lipinski definition) is 1. The summed E-state index contributed by atoms with van der Waals surface area (Å²) in [5.74, 6) is 0.605. The molecule has 1 N–H and O–H groups in total. The van der Waals surface area contributed by atoms with E-state index in [0.717, 1.165) is 82.1 Å². The minimum Gasteiger partial charge on any atom is -0.354 e. The van der Waals surface area contributed by atoms with Gasteiger partial charge in [-0.2, -0.15) is 0 Å². The lowest BCUT2D eigenvalue weighted by Gasteiger charge is -2.12. The van der Waals surface area contributed by atoms with Gasteiger partial charge in [0.25, 0.3) is 5.69 Å². The molecule has 7 aromatic carbocycles. The Kier molecular flexibility index (Phi) is 5.74. The number of nitro groups is 1. The Bertz CT molecular complexity index is 2980. The molecule has 49 heavy (non-hydrogen) atoms. The zero-order chi connectivity index (χ0) is 32.6. The number of aromatic amines is 1. The Hall–Kier alpha value is -6.86. The van der Waals surface area contributed by atoms with Crippen molar-refractivity contribution in [1.29, 1.82) is 0 Å². The highest BCUT2D eigenvalue weighted by molar-refractivity contribution is 6.32. The van der Waals surface area contributed by atoms with Crippen LogP contribution >= 0.6 is 0 Å². The van der Waals surface area contributed by atoms with Gasteiger partial charge >= 0.3 is 0 Å². The fourth-order valence-corrected chi connectivity index (χ4v) is 7.51. The van der Waals surface area contributed by atoms with Gasteiger partial charge in [0.1, 0.15) is 0 Å². The molecule has 3 heterocycles. The van der Waals surface area contributed by atoms with Gasteiger partial charge in [-0.3, -0.25) is 14.7 Å². The summed E-state index contributed by atoms with van der Waals surface area (Å²) in [5.41, 5.74) is 8.24. The van der Waals surface area contributed by atoms with Gasteiger partial charge in [0.15, 0.2) is 0 Å². The first-order chi connectivity index (χ1) is 24.1. The molecule has 10 rings (SSSR count). The predicted octanol–water partition coefficient (Wildman–Crippen LogP) is 10.8. The van der Waals surface area contributed by atoms with Crippen LogP contribution in [0.25, 0.3) is 93.6 Å². The third-order valence-electron chi connectivity index (χ3n) is 9.63. The number of aromatic nitrogens is 4. The number of nitrogens with one attached hydrogen (secondary N) is 1. The number of para-hydroxylation sites is 3. The highest BCUT2D eigenvalue weighted by Crippen LogP contribution is 2.43. The van der Waals surface area contributed by atoms with Crippen LogP contribution in [-0.2, 0) is 0 Å². The topological polar surface area (TPSA) is 89.6 Å². The van der Waals surface area contributed by atoms with Crippen LogP contribution in [-0.4, -0.2) is 24.4 Å². The van der Waals surface area contributed by atoms with Gasteiger partial charge in [-0.25, -0.2) is 9.97 Å². The van der Waals surface area contributed by atoms with Gasteiger partial charge < -0.3 is 4.98 Å². The van der Waals surface area contributed by atoms with Crippen molar-refractivity contribution < 1.29 is 4.92 Å². The largest absolute Gasteiger partial charge is 0.354 e. The van der Waals surface area contributed by atoms with E-state index in [1.165, 1.54) is 0 Å². The second kappa shape index (κ2) is 10.3. The first-order valence-corrected chi connectivity index (χ1v) is 16.1. The van der Waals surface area contributed by atoms with Crippen molar-refractivity contribution in [3.63, 3.8) is 0 Å². The van der Waals surface area contributed by atoms with Gasteiger partial charge in [-0.05, 0) is 53.4 Å². The monoisotopic (exact) mass is 631 g/mol. The molecule has 0 aliphatic rings. The molecule has 0 aliphatic heterocycles. The third kappa shape index (κ3) is 4.02. The van der Waals surface area contributed by atoms with Crippen molar-refractivity contribution in [3.8, 4) is 28.3 Å². The normalized spacial score (nSPS) is 11.8. The Labute approximate surface area is 278 Å². The minimum atomic E-state index is -0.319. The van der Waals surface area contributed by atoms with Crippen molar-refractivity contribution in [2.75, 3.05) is 0 Å². The molecule has 0 spiro atoms. The van der Waals surface area contributed by atoms with Crippen LogP contribution in [0.3, 0.4) is 0 Å². The standard InChI is InChI=1S/C42H25N5O2/c48-47(49)36-17-9-5-12-28(36)27-19-21-33-31(24-27)39-34(43-33)22-18-25-20-23-37-40(38(25)39)30-14-6-8-16-35(30)46(37)42-44-32-15-7-4-13-29(32)41(45-42)26-10-2-1-3-11-26/h1-24,43H. The maximum absolute atomic E-state index is 11.9. The summed E-state index contributed by atoms with van der Waals surface area (Å²) in [7, 11) is 0. The van der Waals surface area contributed by atoms with E-state index < -0.39 is 0 Å². The summed E-state index contributed by atoms with van der Waals surface area (Å²) in [6, 6.07) is 48.4. The van der Waals surface area contributed by atoms with Gasteiger partial charge in [-0.15, -0.1) is 0 Å². The summed E-state index contributed by atoms with van der Waals surface area (Å²) in [6.07, 6.45) is 0. The molecule has 10 aromatic rings. The first kappa shape index (κ1) is 27.3. The second-order valence-electron chi connectivity index (χ2n) is 12.3. The van der Waals surface area contributed by atoms with Gasteiger partial charge in [0, 0.05) is 55.0 Å². The van der Waals surface area contributed by atoms with Crippen molar-refractivity contribution >= 4 is 71.0 Å². The number of benzene rings is 7. The second-order valence-corrected chi connectivity index (χ2v) is 12.3. The average Bonchev–Trinajstić information content (AvgIpc) is 3.70. The molecular weight excluding hydrogens is 606 g/mol. The number of H-pyrrole nitrogens is 1. The Morgan fingerprint density at radius 2 is 1.31 bits per heavy atom. The molecule has 0 bridgehead atoms. The molecule has 0 aliphatic carbocycles. The van der Waals surface area contributed by atoms with E-state index in [4.69, 9.17) is 9.97 Å². The number of hydrogen-bond acceptors (Lipinski definition) is 4. The molecule has 0 atom stereocenters. The molecule has 0 saturated heterocycles. The Morgan fingerprint density at radius 3 is 2.18 bits per heavy atom. The van der Waals surface area contributed by atoms with Gasteiger partial charge in [0.2, 0.25) is 5.95 Å². The summed E-state index contributed by atoms with van der Waals surface area (Å²) in [6.45, 7) is 0. The fourth-order valence-electron chi connectivity index (χ4n) is 7.51. The quantitative estimate of drug-likeness (QED) is 0.155. The van der Waals surface area contributed by atoms with Crippen molar-refractivity contribution in [3.05, 3.63) is 156 Å². The molecule has 230 valence electrons. The zero-order valence-corrected chi connectivity index (χ0v) is 26.0. The van der Waals surface area contributed by atoms with Crippen molar-refractivity contribution in [2.24, 2.45) is 0 Å². The van der Waals surface area contributed by atoms with Crippen molar-refractivity contribution in [2.45, 2.75) is 0 Å². The van der Waals surface area contributed by atoms with E-state index in [9.17, 15) is 10.1 Å². The van der Waals surface area contributed by atoms with Crippen LogP contribution in [0, 0.1) is 10.1 Å². The summed E-state index contributed by atoms with van der Waals surface area (Å²) >= 11 is 0. The summed E-state index contributed by atoms with van der Waals surface area (Å²) < 4.78 is 2.18. The van der Waals surface area contributed by atoms with Crippen LogP contribution in [0.2, 0.25) is 0 Å². The lowest BCUT2D eigenvalue weighted by molar-refractivity contribution is -0.384. The highest BCUT2D eigenvalue weighted by atomic mass is 16.6. The van der Waals surface area contributed by atoms with Crippen LogP contribution < -0.4 is 0 Å². The lowest BCUT2D eigenvalue weighted by Crippen LogP contribution is -2.03. The number of fused-ring (bicyclic) bond motifs is 10. The van der Waals surface area contributed by atoms with E-state index in [1.54, 1.807) is 12.1 Å². The molecule has 0 saturated carbocycles. The highest BCUT2D eigenvalue weighted by Gasteiger charge is 2.21. The molecule has 0 fully saturated rings. The van der Waals surface area contributed by atoms with Gasteiger partial charge in [-0.1, -0.05) is 97.1 Å². The zero-order valence-electron chi connectivity index (χ0n) is 26.0. The smallest absolute Gasteiger partial charge is 0.277 e. The van der Waals surface area contributed by atoms with Crippen molar-refractivity contribution in [1.82, 2.24) is 19.5 Å². The third-order valence-corrected chi connectivity index (χ3v) is 9.63. The fraction of sp³-hybridized carbons (Fsp3) is 0. The molecule has 0 radical (unpaired) electrons. The van der Waals surface area contributed by atoms with E-state index in [-0.39, 0.29) is 10.6 Å². The number of nitro benzene ring substituents is 1. The summed E-state index contributed by atoms with van der Waals surface area (Å²) in [4.78, 5) is 25.6. The van der Waals surface area contributed by atoms with E-state index in [1.807, 2.05) is 60.7 Å². The predicted molar refractivity (Wildman–Crippen MR) is 198 cm³/mol. The first-order valence-electron chi connectivity index (χ1n) is 16.1. The van der Waals surface area contributed by atoms with E-state index in [2.05, 4.69) is 82.3 Å².